The molecule has 4 rings (SSSR count). The van der Waals surface area contributed by atoms with Crippen LogP contribution < -0.4 is 19.9 Å². The van der Waals surface area contributed by atoms with Crippen LogP contribution in [0.2, 0.25) is 0 Å². The lowest BCUT2D eigenvalue weighted by Gasteiger charge is -2.22. The lowest BCUT2D eigenvalue weighted by molar-refractivity contribution is -0.307. The number of hydrogen-bond acceptors (Lipinski definition) is 9. The Bertz CT molecular complexity index is 1080. The van der Waals surface area contributed by atoms with Crippen LogP contribution in [0.4, 0.5) is 5.69 Å². The standard InChI is InChI=1S/C19H15BrN4O4S/c1-29-19-22-18-16(23-24-19)12-8-10(20)6-7-13(12)21-17(28-18)11-4-2-3-5-14(11)27-9-15(25)26/h2-8,17,21H,9H2,1H3,(H,25,26)/p-1/t17-/m0/s1. The molecule has 3 aromatic rings. The molecule has 0 saturated carbocycles. The Morgan fingerprint density at radius 2 is 2.14 bits per heavy atom. The molecular weight excluding hydrogens is 460 g/mol. The van der Waals surface area contributed by atoms with Crippen molar-refractivity contribution in [2.75, 3.05) is 18.2 Å². The number of fused-ring (bicyclic) bond motifs is 3. The smallest absolute Gasteiger partial charge is 0.247 e. The maximum absolute atomic E-state index is 10.8. The Labute approximate surface area is 178 Å². The van der Waals surface area contributed by atoms with E-state index in [4.69, 9.17) is 9.47 Å². The van der Waals surface area contributed by atoms with Gasteiger partial charge in [-0.2, -0.15) is 4.98 Å². The fraction of sp³-hybridized carbons (Fsp3) is 0.158. The molecule has 148 valence electrons. The number of carboxylic acids is 1. The highest BCUT2D eigenvalue weighted by atomic mass is 79.9. The van der Waals surface area contributed by atoms with E-state index in [1.165, 1.54) is 11.8 Å². The monoisotopic (exact) mass is 473 g/mol. The number of para-hydroxylation sites is 1. The molecule has 1 N–H and O–H groups in total. The Morgan fingerprint density at radius 1 is 1.31 bits per heavy atom. The fourth-order valence-electron chi connectivity index (χ4n) is 2.86. The first-order valence-corrected chi connectivity index (χ1v) is 10.5. The molecule has 10 heteroatoms. The van der Waals surface area contributed by atoms with Crippen molar-refractivity contribution in [1.82, 2.24) is 15.2 Å². The molecule has 0 radical (unpaired) electrons. The van der Waals surface area contributed by atoms with Gasteiger partial charge in [0.05, 0.1) is 11.5 Å². The summed E-state index contributed by atoms with van der Waals surface area (Å²) in [5.74, 6) is -0.631. The van der Waals surface area contributed by atoms with Crippen molar-refractivity contribution in [2.24, 2.45) is 0 Å². The Kier molecular flexibility index (Phi) is 5.54. The van der Waals surface area contributed by atoms with Crippen LogP contribution in [0.5, 0.6) is 11.6 Å². The summed E-state index contributed by atoms with van der Waals surface area (Å²) < 4.78 is 12.4. The summed E-state index contributed by atoms with van der Waals surface area (Å²) in [7, 11) is 0. The van der Waals surface area contributed by atoms with Gasteiger partial charge in [0.15, 0.2) is 5.69 Å². The number of ether oxygens (including phenoxy) is 2. The molecule has 1 atom stereocenters. The van der Waals surface area contributed by atoms with Crippen LogP contribution in [-0.4, -0.2) is 34.0 Å². The second-order valence-corrected chi connectivity index (χ2v) is 7.67. The van der Waals surface area contributed by atoms with Gasteiger partial charge >= 0.3 is 0 Å². The first-order chi connectivity index (χ1) is 14.0. The molecular formula is C19H14BrN4O4S-. The molecule has 1 aromatic heterocycles. The number of aliphatic carboxylic acids is 1. The lowest BCUT2D eigenvalue weighted by atomic mass is 10.1. The van der Waals surface area contributed by atoms with Gasteiger partial charge in [0.1, 0.15) is 12.4 Å². The largest absolute Gasteiger partial charge is 0.546 e. The van der Waals surface area contributed by atoms with Crippen molar-refractivity contribution in [1.29, 1.82) is 0 Å². The summed E-state index contributed by atoms with van der Waals surface area (Å²) in [6.07, 6.45) is 1.16. The van der Waals surface area contributed by atoms with Crippen molar-refractivity contribution < 1.29 is 19.4 Å². The first-order valence-electron chi connectivity index (χ1n) is 8.48. The van der Waals surface area contributed by atoms with Crippen molar-refractivity contribution in [3.8, 4) is 22.9 Å². The van der Waals surface area contributed by atoms with E-state index in [-0.39, 0.29) is 0 Å². The van der Waals surface area contributed by atoms with Crippen molar-refractivity contribution >= 4 is 39.3 Å². The van der Waals surface area contributed by atoms with Crippen molar-refractivity contribution in [2.45, 2.75) is 11.4 Å². The summed E-state index contributed by atoms with van der Waals surface area (Å²) in [6, 6.07) is 12.7. The molecule has 0 spiro atoms. The highest BCUT2D eigenvalue weighted by molar-refractivity contribution is 9.10. The van der Waals surface area contributed by atoms with E-state index in [0.717, 1.165) is 15.7 Å². The number of carboxylic acid groups (broad SMARTS) is 1. The molecule has 0 bridgehead atoms. The number of carbonyl (C=O) groups excluding carboxylic acids is 1. The minimum absolute atomic E-state index is 0.313. The molecule has 8 nitrogen and oxygen atoms in total. The van der Waals surface area contributed by atoms with E-state index in [0.29, 0.717) is 28.0 Å². The molecule has 0 unspecified atom stereocenters. The molecule has 0 amide bonds. The minimum Gasteiger partial charge on any atom is -0.546 e. The zero-order chi connectivity index (χ0) is 20.4. The van der Waals surface area contributed by atoms with Crippen LogP contribution >= 0.6 is 27.7 Å². The highest BCUT2D eigenvalue weighted by Gasteiger charge is 2.28. The quantitative estimate of drug-likeness (QED) is 0.558. The second kappa shape index (κ2) is 8.26. The normalized spacial score (nSPS) is 14.6. The van der Waals surface area contributed by atoms with Gasteiger partial charge in [-0.1, -0.05) is 39.8 Å². The average Bonchev–Trinajstić information content (AvgIpc) is 2.88. The number of benzene rings is 2. The Balaban J connectivity index is 1.81. The van der Waals surface area contributed by atoms with E-state index < -0.39 is 18.8 Å². The van der Waals surface area contributed by atoms with E-state index in [1.807, 2.05) is 30.5 Å². The lowest BCUT2D eigenvalue weighted by Crippen LogP contribution is -2.29. The van der Waals surface area contributed by atoms with Crippen molar-refractivity contribution in [3.05, 3.63) is 52.5 Å². The van der Waals surface area contributed by atoms with Gasteiger partial charge in [-0.25, -0.2) is 0 Å². The summed E-state index contributed by atoms with van der Waals surface area (Å²) >= 11 is 4.83. The van der Waals surface area contributed by atoms with Crippen LogP contribution in [0.25, 0.3) is 11.3 Å². The first kappa shape index (κ1) is 19.5. The van der Waals surface area contributed by atoms with E-state index in [2.05, 4.69) is 36.4 Å². The van der Waals surface area contributed by atoms with Gasteiger partial charge in [0.25, 0.3) is 0 Å². The summed E-state index contributed by atoms with van der Waals surface area (Å²) in [5, 5.41) is 23.1. The van der Waals surface area contributed by atoms with Crippen LogP contribution in [0.3, 0.4) is 0 Å². The molecule has 29 heavy (non-hydrogen) atoms. The number of aromatic nitrogens is 3. The molecule has 0 fully saturated rings. The van der Waals surface area contributed by atoms with Gasteiger partial charge < -0.3 is 24.7 Å². The molecule has 2 heterocycles. The number of rotatable bonds is 5. The third-order valence-electron chi connectivity index (χ3n) is 4.12. The summed E-state index contributed by atoms with van der Waals surface area (Å²) in [5.41, 5.74) is 2.65. The number of anilines is 1. The number of nitrogens with zero attached hydrogens (tertiary/aromatic N) is 3. The zero-order valence-corrected chi connectivity index (χ0v) is 17.5. The highest BCUT2D eigenvalue weighted by Crippen LogP contribution is 2.42. The van der Waals surface area contributed by atoms with E-state index >= 15 is 0 Å². The van der Waals surface area contributed by atoms with Crippen LogP contribution in [0, 0.1) is 0 Å². The summed E-state index contributed by atoms with van der Waals surface area (Å²) in [6.45, 7) is -0.565. The number of nitrogens with one attached hydrogen (secondary N) is 1. The van der Waals surface area contributed by atoms with Gasteiger partial charge in [0.2, 0.25) is 17.3 Å². The SMILES string of the molecule is CSc1nnc2c(n1)O[C@@H](c1ccccc1OCC(=O)[O-])Nc1ccc(Br)cc1-2. The maximum atomic E-state index is 10.8. The third kappa shape index (κ3) is 4.13. The Hall–Kier alpha value is -2.85. The van der Waals surface area contributed by atoms with E-state index in [9.17, 15) is 9.90 Å². The van der Waals surface area contributed by atoms with Crippen LogP contribution in [-0.2, 0) is 4.79 Å². The number of thioether (sulfide) groups is 1. The second-order valence-electron chi connectivity index (χ2n) is 5.98. The molecule has 1 aliphatic rings. The molecule has 1 aliphatic heterocycles. The predicted molar refractivity (Wildman–Crippen MR) is 109 cm³/mol. The summed E-state index contributed by atoms with van der Waals surface area (Å²) in [4.78, 5) is 15.3. The minimum atomic E-state index is -1.31. The van der Waals surface area contributed by atoms with Gasteiger partial charge in [-0.3, -0.25) is 0 Å². The topological polar surface area (TPSA) is 109 Å². The van der Waals surface area contributed by atoms with Gasteiger partial charge in [-0.05, 0) is 36.6 Å². The third-order valence-corrected chi connectivity index (χ3v) is 5.15. The molecule has 0 aliphatic carbocycles. The Morgan fingerprint density at radius 3 is 2.93 bits per heavy atom. The fourth-order valence-corrected chi connectivity index (χ4v) is 3.52. The van der Waals surface area contributed by atoms with Gasteiger partial charge in [-0.15, -0.1) is 10.2 Å². The molecule has 2 aromatic carbocycles. The number of hydrogen-bond donors (Lipinski definition) is 1. The van der Waals surface area contributed by atoms with Crippen LogP contribution in [0.15, 0.2) is 52.1 Å². The average molecular weight is 474 g/mol. The van der Waals surface area contributed by atoms with Gasteiger partial charge in [0, 0.05) is 15.7 Å². The van der Waals surface area contributed by atoms with Crippen molar-refractivity contribution in [3.63, 3.8) is 0 Å². The number of carbonyl (C=O) groups is 1. The van der Waals surface area contributed by atoms with E-state index in [1.54, 1.807) is 18.2 Å². The number of halogens is 1. The zero-order valence-electron chi connectivity index (χ0n) is 15.1. The molecule has 0 saturated heterocycles. The van der Waals surface area contributed by atoms with Crippen LogP contribution in [0.1, 0.15) is 11.8 Å². The maximum Gasteiger partial charge on any atom is 0.247 e. The predicted octanol–water partition coefficient (Wildman–Crippen LogP) is 2.65.